The van der Waals surface area contributed by atoms with Gasteiger partial charge in [0.2, 0.25) is 0 Å². The monoisotopic (exact) mass is 1030 g/mol. The van der Waals surface area contributed by atoms with Gasteiger partial charge in [-0.15, -0.1) is 0 Å². The van der Waals surface area contributed by atoms with Crippen molar-refractivity contribution in [1.82, 2.24) is 29.9 Å². The molecular weight excluding hydrogens is 965 g/mol. The summed E-state index contributed by atoms with van der Waals surface area (Å²) in [5.74, 6) is 3.78. The summed E-state index contributed by atoms with van der Waals surface area (Å²) in [5.41, 5.74) is 17.5. The lowest BCUT2D eigenvalue weighted by Crippen LogP contribution is -2.04. The first-order valence-corrected chi connectivity index (χ1v) is 25.8. The van der Waals surface area contributed by atoms with Crippen molar-refractivity contribution in [2.24, 2.45) is 0 Å². The zero-order valence-corrected chi connectivity index (χ0v) is 45.1. The maximum absolute atomic E-state index is 6.63. The highest BCUT2D eigenvalue weighted by molar-refractivity contribution is 5.60. The molecule has 3 aromatic carbocycles. The first-order valence-electron chi connectivity index (χ1n) is 25.8. The molecule has 0 unspecified atom stereocenters. The molecule has 1 aliphatic rings. The Bertz CT molecular complexity index is 3130. The molecule has 0 N–H and O–H groups in total. The molecule has 0 amide bonds. The number of methoxy groups -OCH3 is 3. The number of fused-ring (bicyclic) bond motifs is 3. The van der Waals surface area contributed by atoms with Gasteiger partial charge in [-0.1, -0.05) is 0 Å². The molecule has 0 bridgehead atoms. The van der Waals surface area contributed by atoms with E-state index < -0.39 is 0 Å². The molecule has 392 valence electrons. The Balaban J connectivity index is 0.00000138. The third-order valence-electron chi connectivity index (χ3n) is 13.2. The molecule has 9 aromatic rings. The highest BCUT2D eigenvalue weighted by atomic mass is 16.5. The van der Waals surface area contributed by atoms with E-state index in [1.807, 2.05) is 107 Å². The minimum absolute atomic E-state index is 0.297. The number of hydrogen-bond acceptors (Lipinski definition) is 13. The van der Waals surface area contributed by atoms with Crippen LogP contribution in [-0.2, 0) is 43.8 Å². The maximum atomic E-state index is 6.63. The fraction of sp³-hybridized carbons (Fsp3) is 0.250. The van der Waals surface area contributed by atoms with Gasteiger partial charge in [0, 0.05) is 50.4 Å². The summed E-state index contributed by atoms with van der Waals surface area (Å²) in [5, 5.41) is 0. The largest absolute Gasteiger partial charge is 0.493 e. The van der Waals surface area contributed by atoms with Crippen LogP contribution in [-0.4, -0.2) is 64.4 Å². The molecule has 0 atom stereocenters. The molecule has 10 rings (SSSR count). The van der Waals surface area contributed by atoms with Crippen molar-refractivity contribution in [2.75, 3.05) is 34.5 Å². The molecule has 0 radical (unpaired) electrons. The summed E-state index contributed by atoms with van der Waals surface area (Å²) in [6.07, 6.45) is 12.6. The fourth-order valence-corrected chi connectivity index (χ4v) is 9.18. The minimum Gasteiger partial charge on any atom is -0.493 e. The van der Waals surface area contributed by atoms with Crippen molar-refractivity contribution in [1.29, 1.82) is 0 Å². The lowest BCUT2D eigenvalue weighted by molar-refractivity contribution is 0.162. The van der Waals surface area contributed by atoms with E-state index in [4.69, 9.17) is 33.2 Å². The van der Waals surface area contributed by atoms with Crippen molar-refractivity contribution in [3.63, 3.8) is 0 Å². The van der Waals surface area contributed by atoms with Crippen molar-refractivity contribution in [2.45, 2.75) is 73.7 Å². The summed E-state index contributed by atoms with van der Waals surface area (Å²) in [6, 6.07) is 36.6. The molecule has 13 heteroatoms. The Kier molecular flexibility index (Phi) is 17.4. The topological polar surface area (TPSA) is 142 Å². The molecule has 0 spiro atoms. The van der Waals surface area contributed by atoms with Crippen LogP contribution in [0.15, 0.2) is 146 Å². The summed E-state index contributed by atoms with van der Waals surface area (Å²) in [4.78, 5) is 27.5. The van der Waals surface area contributed by atoms with Gasteiger partial charge in [-0.05, 0) is 230 Å². The average molecular weight is 1030 g/mol. The third-order valence-corrected chi connectivity index (χ3v) is 13.2. The second-order valence-corrected chi connectivity index (χ2v) is 18.8. The SMILES string of the molecule is CCOCC.COc1cc2c(cc1OCc1ccnc(-c3cc(C)ccn3)c1)Cc1cc(OC)c(OCc3ccnc(-c4cc(C)ccn4)c3)cc1Cc1cc(OC)c(OCc3ccnc(-c4cc(C)ccn4)c3)cc1C2. The van der Waals surface area contributed by atoms with E-state index in [0.29, 0.717) is 73.6 Å². The van der Waals surface area contributed by atoms with Crippen LogP contribution in [0, 0.1) is 20.8 Å². The van der Waals surface area contributed by atoms with E-state index >= 15 is 0 Å². The van der Waals surface area contributed by atoms with E-state index in [9.17, 15) is 0 Å². The van der Waals surface area contributed by atoms with Crippen molar-refractivity contribution >= 4 is 0 Å². The summed E-state index contributed by atoms with van der Waals surface area (Å²) in [6.45, 7) is 12.7. The highest BCUT2D eigenvalue weighted by Gasteiger charge is 2.23. The van der Waals surface area contributed by atoms with Crippen LogP contribution >= 0.6 is 0 Å². The van der Waals surface area contributed by atoms with E-state index in [1.165, 1.54) is 0 Å². The van der Waals surface area contributed by atoms with Crippen LogP contribution in [0.3, 0.4) is 0 Å². The lowest BCUT2D eigenvalue weighted by Gasteiger charge is -2.18. The van der Waals surface area contributed by atoms with Crippen LogP contribution in [0.4, 0.5) is 0 Å². The summed E-state index contributed by atoms with van der Waals surface area (Å²) < 4.78 is 42.9. The van der Waals surface area contributed by atoms with E-state index in [1.54, 1.807) is 58.5 Å². The Hall–Kier alpha value is -8.68. The van der Waals surface area contributed by atoms with Crippen LogP contribution in [0.5, 0.6) is 34.5 Å². The molecule has 0 saturated carbocycles. The number of aryl methyl sites for hydroxylation is 3. The maximum Gasteiger partial charge on any atom is 0.161 e. The molecule has 6 heterocycles. The predicted octanol–water partition coefficient (Wildman–Crippen LogP) is 12.9. The molecule has 0 fully saturated rings. The van der Waals surface area contributed by atoms with Gasteiger partial charge >= 0.3 is 0 Å². The number of benzene rings is 3. The molecule has 1 aliphatic carbocycles. The quantitative estimate of drug-likeness (QED) is 0.0855. The van der Waals surface area contributed by atoms with Gasteiger partial charge in [0.25, 0.3) is 0 Å². The van der Waals surface area contributed by atoms with Gasteiger partial charge in [0.1, 0.15) is 19.8 Å². The molecule has 0 saturated heterocycles. The Morgan fingerprint density at radius 1 is 0.325 bits per heavy atom. The zero-order chi connectivity index (χ0) is 53.7. The second-order valence-electron chi connectivity index (χ2n) is 18.8. The van der Waals surface area contributed by atoms with Crippen LogP contribution in [0.25, 0.3) is 34.2 Å². The highest BCUT2D eigenvalue weighted by Crippen LogP contribution is 2.42. The van der Waals surface area contributed by atoms with Crippen molar-refractivity contribution in [3.05, 3.63) is 213 Å². The minimum atomic E-state index is 0.297. The van der Waals surface area contributed by atoms with E-state index in [-0.39, 0.29) is 0 Å². The van der Waals surface area contributed by atoms with Gasteiger partial charge < -0.3 is 33.2 Å². The number of ether oxygens (including phenoxy) is 7. The Morgan fingerprint density at radius 3 is 0.805 bits per heavy atom. The smallest absolute Gasteiger partial charge is 0.161 e. The van der Waals surface area contributed by atoms with Crippen molar-refractivity contribution < 1.29 is 33.2 Å². The van der Waals surface area contributed by atoms with Gasteiger partial charge in [-0.2, -0.15) is 0 Å². The van der Waals surface area contributed by atoms with Crippen molar-refractivity contribution in [3.8, 4) is 68.7 Å². The normalized spacial score (nSPS) is 11.5. The first-order chi connectivity index (χ1) is 37.6. The summed E-state index contributed by atoms with van der Waals surface area (Å²) in [7, 11) is 5.03. The zero-order valence-electron chi connectivity index (χ0n) is 45.1. The molecule has 0 aliphatic heterocycles. The van der Waals surface area contributed by atoms with E-state index in [2.05, 4.69) is 66.3 Å². The molecule has 77 heavy (non-hydrogen) atoms. The van der Waals surface area contributed by atoms with Crippen LogP contribution in [0.1, 0.15) is 80.6 Å². The Labute approximate surface area is 451 Å². The standard InChI is InChI=1S/C60H54N6O6.C4H10O/c1-37-7-13-61-49(19-37)52-22-40(10-16-64-52)34-70-58-31-46-25-44-29-56(68-5)60(72-36-42-12-18-66-54(24-42)51-21-39(3)9-15-63-51)33-48(44)27-45-30-57(69-6)59(32-47(45)26-43(46)28-55(58)67-4)71-35-41-11-17-65-53(23-41)50-20-38(2)8-14-62-50;1-3-5-4-2/h7-24,28-33H,25-27,34-36H2,1-6H3;3-4H2,1-2H3. The van der Waals surface area contributed by atoms with E-state index in [0.717, 1.165) is 114 Å². The third kappa shape index (κ3) is 13.4. The van der Waals surface area contributed by atoms with Crippen LogP contribution < -0.4 is 28.4 Å². The lowest BCUT2D eigenvalue weighted by atomic mass is 9.94. The molecular formula is C64H64N6O7. The van der Waals surface area contributed by atoms with Gasteiger partial charge in [0.15, 0.2) is 34.5 Å². The van der Waals surface area contributed by atoms with Gasteiger partial charge in [0.05, 0.1) is 55.5 Å². The van der Waals surface area contributed by atoms with Crippen LogP contribution in [0.2, 0.25) is 0 Å². The number of rotatable bonds is 17. The number of hydrogen-bond donors (Lipinski definition) is 0. The molecule has 6 aromatic heterocycles. The first kappa shape index (κ1) is 53.2. The second kappa shape index (κ2) is 25.2. The van der Waals surface area contributed by atoms with Gasteiger partial charge in [-0.25, -0.2) is 0 Å². The number of aromatic nitrogens is 6. The fourth-order valence-electron chi connectivity index (χ4n) is 9.18. The number of nitrogens with zero attached hydrogens (tertiary/aromatic N) is 6. The number of pyridine rings is 6. The Morgan fingerprint density at radius 2 is 0.571 bits per heavy atom. The summed E-state index contributed by atoms with van der Waals surface area (Å²) >= 11 is 0. The predicted molar refractivity (Wildman–Crippen MR) is 299 cm³/mol. The average Bonchev–Trinajstić information content (AvgIpc) is 3.51. The molecule has 13 nitrogen and oxygen atoms in total. The van der Waals surface area contributed by atoms with Gasteiger partial charge in [-0.3, -0.25) is 29.9 Å².